The summed E-state index contributed by atoms with van der Waals surface area (Å²) in [6.07, 6.45) is -4.75. The van der Waals surface area contributed by atoms with Gasteiger partial charge in [-0.2, -0.15) is 13.2 Å². The lowest BCUT2D eigenvalue weighted by atomic mass is 9.83. The van der Waals surface area contributed by atoms with E-state index in [0.717, 1.165) is 46.4 Å². The number of aromatic amines is 1. The Labute approximate surface area is 234 Å². The third-order valence-corrected chi connectivity index (χ3v) is 9.44. The van der Waals surface area contributed by atoms with Gasteiger partial charge in [0.1, 0.15) is 17.6 Å². The van der Waals surface area contributed by atoms with E-state index < -0.39 is 46.3 Å². The van der Waals surface area contributed by atoms with Gasteiger partial charge >= 0.3 is 11.0 Å². The van der Waals surface area contributed by atoms with Crippen LogP contribution in [0.4, 0.5) is 18.9 Å². The van der Waals surface area contributed by atoms with E-state index in [-0.39, 0.29) is 4.87 Å². The summed E-state index contributed by atoms with van der Waals surface area (Å²) in [5.41, 5.74) is 1.24. The van der Waals surface area contributed by atoms with E-state index in [1.807, 2.05) is 31.2 Å². The van der Waals surface area contributed by atoms with Crippen LogP contribution in [0.25, 0.3) is 0 Å². The zero-order valence-electron chi connectivity index (χ0n) is 20.9. The van der Waals surface area contributed by atoms with Crippen molar-refractivity contribution in [1.82, 2.24) is 4.98 Å². The van der Waals surface area contributed by atoms with Crippen LogP contribution in [0.1, 0.15) is 33.0 Å². The highest BCUT2D eigenvalue weighted by molar-refractivity contribution is 8.00. The number of aryl methyl sites for hydroxylation is 1. The van der Waals surface area contributed by atoms with Crippen molar-refractivity contribution in [3.8, 4) is 5.75 Å². The smallest absolute Gasteiger partial charge is 0.418 e. The fourth-order valence-electron chi connectivity index (χ4n) is 5.14. The van der Waals surface area contributed by atoms with Gasteiger partial charge in [0.25, 0.3) is 0 Å². The van der Waals surface area contributed by atoms with E-state index in [4.69, 9.17) is 4.74 Å². The first-order chi connectivity index (χ1) is 19.1. The number of rotatable bonds is 5. The van der Waals surface area contributed by atoms with Crippen molar-refractivity contribution in [2.75, 3.05) is 4.90 Å². The van der Waals surface area contributed by atoms with Crippen molar-refractivity contribution in [3.05, 3.63) is 110 Å². The number of amides is 2. The van der Waals surface area contributed by atoms with Gasteiger partial charge in [-0.15, -0.1) is 0 Å². The molecule has 0 saturated carbocycles. The lowest BCUT2D eigenvalue weighted by Crippen LogP contribution is -2.33. The van der Waals surface area contributed by atoms with Gasteiger partial charge in [-0.25, -0.2) is 4.90 Å². The number of alkyl halides is 3. The number of nitrogens with zero attached hydrogens (tertiary/aromatic N) is 1. The number of hydrogen-bond acceptors (Lipinski definition) is 6. The first-order valence-electron chi connectivity index (χ1n) is 12.3. The van der Waals surface area contributed by atoms with Crippen LogP contribution >= 0.6 is 23.1 Å². The third-order valence-electron chi connectivity index (χ3n) is 7.04. The first kappa shape index (κ1) is 26.4. The summed E-state index contributed by atoms with van der Waals surface area (Å²) in [5, 5.41) is -0.540. The topological polar surface area (TPSA) is 79.5 Å². The fourth-order valence-corrected chi connectivity index (χ4v) is 7.66. The second kappa shape index (κ2) is 9.97. The quantitative estimate of drug-likeness (QED) is 0.286. The average molecular weight is 583 g/mol. The normalized spacial score (nSPS) is 20.4. The Balaban J connectivity index is 1.35. The van der Waals surface area contributed by atoms with Crippen molar-refractivity contribution in [1.29, 1.82) is 0 Å². The summed E-state index contributed by atoms with van der Waals surface area (Å²) in [5.74, 6) is -2.57. The van der Waals surface area contributed by atoms with Gasteiger partial charge in [0.2, 0.25) is 11.8 Å². The summed E-state index contributed by atoms with van der Waals surface area (Å²) in [6, 6.07) is 19.5. The Kier molecular flexibility index (Phi) is 6.58. The maximum Gasteiger partial charge on any atom is 0.418 e. The number of thiazole rings is 1. The molecule has 1 saturated heterocycles. The van der Waals surface area contributed by atoms with Crippen molar-refractivity contribution in [3.63, 3.8) is 0 Å². The number of benzene rings is 3. The van der Waals surface area contributed by atoms with E-state index in [2.05, 4.69) is 4.98 Å². The van der Waals surface area contributed by atoms with E-state index in [1.54, 1.807) is 24.3 Å². The molecule has 2 aliphatic rings. The van der Waals surface area contributed by atoms with Crippen LogP contribution in [0.5, 0.6) is 5.75 Å². The molecule has 1 fully saturated rings. The third kappa shape index (κ3) is 4.62. The highest BCUT2D eigenvalue weighted by atomic mass is 32.2. The number of nitrogens with one attached hydrogen (secondary N) is 1. The van der Waals surface area contributed by atoms with Crippen molar-refractivity contribution >= 4 is 40.6 Å². The second-order valence-electron chi connectivity index (χ2n) is 9.62. The number of thioether (sulfide) groups is 1. The SMILES string of the molecule is Cc1ccc(COc2ccc([C@H]3c4sc(=O)[nH]c4SC4C(=O)N(c5ccccc5C(F)(F)F)C(=O)C43)cc2)cc1. The molecule has 6 rings (SSSR count). The van der Waals surface area contributed by atoms with Crippen LogP contribution in [0, 0.1) is 12.8 Å². The Morgan fingerprint density at radius 2 is 1.62 bits per heavy atom. The molecule has 1 N–H and O–H groups in total. The molecule has 0 aliphatic carbocycles. The number of H-pyrrole nitrogens is 1. The van der Waals surface area contributed by atoms with Crippen molar-refractivity contribution in [2.24, 2.45) is 5.92 Å². The van der Waals surface area contributed by atoms with E-state index >= 15 is 0 Å². The van der Waals surface area contributed by atoms with E-state index in [0.29, 0.717) is 32.7 Å². The van der Waals surface area contributed by atoms with Crippen LogP contribution in [-0.2, 0) is 22.4 Å². The van der Waals surface area contributed by atoms with Crippen LogP contribution in [0.3, 0.4) is 0 Å². The number of para-hydroxylation sites is 1. The monoisotopic (exact) mass is 582 g/mol. The minimum Gasteiger partial charge on any atom is -0.489 e. The number of halogens is 3. The predicted octanol–water partition coefficient (Wildman–Crippen LogP) is 6.14. The van der Waals surface area contributed by atoms with Crippen LogP contribution < -0.4 is 14.5 Å². The van der Waals surface area contributed by atoms with Crippen LogP contribution in [0.15, 0.2) is 82.6 Å². The Morgan fingerprint density at radius 1 is 0.925 bits per heavy atom. The minimum absolute atomic E-state index is 0.334. The zero-order valence-corrected chi connectivity index (χ0v) is 22.5. The van der Waals surface area contributed by atoms with Crippen LogP contribution in [-0.4, -0.2) is 22.0 Å². The number of carbonyl (C=O) groups excluding carboxylic acids is 2. The molecular weight excluding hydrogens is 561 g/mol. The molecule has 204 valence electrons. The predicted molar refractivity (Wildman–Crippen MR) is 146 cm³/mol. The highest BCUT2D eigenvalue weighted by Gasteiger charge is 2.57. The maximum atomic E-state index is 13.8. The second-order valence-corrected chi connectivity index (χ2v) is 11.8. The van der Waals surface area contributed by atoms with Gasteiger partial charge in [-0.05, 0) is 42.3 Å². The average Bonchev–Trinajstić information content (AvgIpc) is 3.42. The summed E-state index contributed by atoms with van der Waals surface area (Å²) >= 11 is 1.95. The molecule has 3 aromatic carbocycles. The Bertz CT molecular complexity index is 1660. The van der Waals surface area contributed by atoms with Gasteiger partial charge in [-0.1, -0.05) is 77.2 Å². The van der Waals surface area contributed by atoms with Gasteiger partial charge < -0.3 is 9.72 Å². The molecule has 0 bridgehead atoms. The van der Waals surface area contributed by atoms with Gasteiger partial charge in [0, 0.05) is 10.8 Å². The van der Waals surface area contributed by atoms with Crippen LogP contribution in [0.2, 0.25) is 0 Å². The van der Waals surface area contributed by atoms with Crippen molar-refractivity contribution in [2.45, 2.75) is 35.9 Å². The highest BCUT2D eigenvalue weighted by Crippen LogP contribution is 2.54. The molecule has 11 heteroatoms. The number of fused-ring (bicyclic) bond motifs is 2. The molecule has 3 heterocycles. The fraction of sp³-hybridized carbons (Fsp3) is 0.207. The summed E-state index contributed by atoms with van der Waals surface area (Å²) in [4.78, 5) is 43.2. The summed E-state index contributed by atoms with van der Waals surface area (Å²) in [6.45, 7) is 2.36. The maximum absolute atomic E-state index is 13.8. The van der Waals surface area contributed by atoms with Gasteiger partial charge in [-0.3, -0.25) is 14.4 Å². The lowest BCUT2D eigenvalue weighted by molar-refractivity contribution is -0.137. The number of carbonyl (C=O) groups is 2. The number of imide groups is 1. The molecule has 2 aliphatic heterocycles. The molecule has 40 heavy (non-hydrogen) atoms. The molecular formula is C29H21F3N2O4S2. The van der Waals surface area contributed by atoms with Gasteiger partial charge in [0.15, 0.2) is 0 Å². The molecule has 2 amide bonds. The zero-order chi connectivity index (χ0) is 28.2. The number of aromatic nitrogens is 1. The summed E-state index contributed by atoms with van der Waals surface area (Å²) < 4.78 is 47.3. The summed E-state index contributed by atoms with van der Waals surface area (Å²) in [7, 11) is 0. The molecule has 1 aromatic heterocycles. The van der Waals surface area contributed by atoms with Gasteiger partial charge in [0.05, 0.1) is 22.2 Å². The molecule has 2 unspecified atom stereocenters. The molecule has 6 nitrogen and oxygen atoms in total. The van der Waals surface area contributed by atoms with E-state index in [1.165, 1.54) is 12.1 Å². The minimum atomic E-state index is -4.75. The number of ether oxygens (including phenoxy) is 1. The molecule has 4 aromatic rings. The van der Waals surface area contributed by atoms with E-state index in [9.17, 15) is 27.6 Å². The number of hydrogen-bond donors (Lipinski definition) is 1. The molecule has 3 atom stereocenters. The number of anilines is 1. The standard InChI is InChI=1S/C29H21F3N2O4S2/c1-15-6-8-16(9-7-15)14-38-18-12-10-17(11-13-18)21-22-24(39-25-23(21)40-28(37)33-25)27(36)34(26(22)35)20-5-3-2-4-19(20)29(30,31)32/h2-13,21-22,24H,14H2,1H3,(H,33,37)/t21-,22?,24?/m1/s1. The molecule has 0 spiro atoms. The van der Waals surface area contributed by atoms with Crippen molar-refractivity contribution < 1.29 is 27.5 Å². The first-order valence-corrected chi connectivity index (χ1v) is 14.0. The molecule has 0 radical (unpaired) electrons. The largest absolute Gasteiger partial charge is 0.489 e. The Hall–Kier alpha value is -3.83. The Morgan fingerprint density at radius 3 is 2.33 bits per heavy atom. The lowest BCUT2D eigenvalue weighted by Gasteiger charge is -2.29.